The molecule has 1 N–H and O–H groups in total. The lowest BCUT2D eigenvalue weighted by Gasteiger charge is -2.24. The molecular formula is C26H26N2O3. The van der Waals surface area contributed by atoms with Crippen LogP contribution < -0.4 is 15.0 Å². The smallest absolute Gasteiger partial charge is 0.247 e. The van der Waals surface area contributed by atoms with E-state index in [1.165, 1.54) is 6.92 Å². The van der Waals surface area contributed by atoms with Crippen molar-refractivity contribution in [1.29, 1.82) is 0 Å². The van der Waals surface area contributed by atoms with Gasteiger partial charge in [0.25, 0.3) is 0 Å². The first-order valence-corrected chi connectivity index (χ1v) is 10.4. The van der Waals surface area contributed by atoms with Crippen LogP contribution in [0, 0.1) is 6.92 Å². The minimum Gasteiger partial charge on any atom is -0.486 e. The van der Waals surface area contributed by atoms with Gasteiger partial charge in [0.05, 0.1) is 0 Å². The molecule has 0 radical (unpaired) electrons. The molecule has 4 rings (SSSR count). The topological polar surface area (TPSA) is 58.6 Å². The van der Waals surface area contributed by atoms with Gasteiger partial charge in [0.15, 0.2) is 0 Å². The van der Waals surface area contributed by atoms with Crippen LogP contribution in [-0.2, 0) is 16.0 Å². The number of nitrogens with one attached hydrogen (secondary N) is 1. The van der Waals surface area contributed by atoms with E-state index in [1.807, 2.05) is 86.6 Å². The number of carbonyl (C=O) groups is 2. The van der Waals surface area contributed by atoms with Gasteiger partial charge in [0.2, 0.25) is 11.8 Å². The Morgan fingerprint density at radius 2 is 1.74 bits per heavy atom. The summed E-state index contributed by atoms with van der Waals surface area (Å²) >= 11 is 0. The van der Waals surface area contributed by atoms with Crippen molar-refractivity contribution < 1.29 is 14.3 Å². The van der Waals surface area contributed by atoms with E-state index in [4.69, 9.17) is 4.74 Å². The standard InChI is InChI=1S/C26H26N2O3/c1-17-15-22(31-18(2)20-9-5-4-6-10-20)13-14-23(17)27-26(30)25-16-21-11-7-8-12-24(21)28(25)19(3)29/h4-15,18,25H,16H2,1-3H3,(H,27,30)/t18?,25-/m0/s1. The molecule has 1 heterocycles. The van der Waals surface area contributed by atoms with Crippen LogP contribution in [0.2, 0.25) is 0 Å². The van der Waals surface area contributed by atoms with Crippen LogP contribution in [-0.4, -0.2) is 17.9 Å². The van der Waals surface area contributed by atoms with Gasteiger partial charge in [-0.15, -0.1) is 0 Å². The number of para-hydroxylation sites is 1. The highest BCUT2D eigenvalue weighted by Crippen LogP contribution is 2.33. The fourth-order valence-electron chi connectivity index (χ4n) is 4.05. The molecule has 1 unspecified atom stereocenters. The fourth-order valence-corrected chi connectivity index (χ4v) is 4.05. The van der Waals surface area contributed by atoms with Crippen molar-refractivity contribution >= 4 is 23.2 Å². The average molecular weight is 415 g/mol. The highest BCUT2D eigenvalue weighted by Gasteiger charge is 2.36. The molecule has 0 saturated carbocycles. The number of hydrogen-bond acceptors (Lipinski definition) is 3. The first kappa shape index (κ1) is 20.7. The maximum atomic E-state index is 13.1. The summed E-state index contributed by atoms with van der Waals surface area (Å²) in [5.41, 5.74) is 4.53. The summed E-state index contributed by atoms with van der Waals surface area (Å²) in [7, 11) is 0. The highest BCUT2D eigenvalue weighted by atomic mass is 16.5. The largest absolute Gasteiger partial charge is 0.486 e. The van der Waals surface area contributed by atoms with E-state index in [2.05, 4.69) is 5.32 Å². The van der Waals surface area contributed by atoms with Crippen LogP contribution >= 0.6 is 0 Å². The van der Waals surface area contributed by atoms with Crippen molar-refractivity contribution in [2.45, 2.75) is 39.3 Å². The van der Waals surface area contributed by atoms with Crippen molar-refractivity contribution in [2.24, 2.45) is 0 Å². The Bertz CT molecular complexity index is 1110. The van der Waals surface area contributed by atoms with Crippen molar-refractivity contribution in [3.8, 4) is 5.75 Å². The molecule has 0 aliphatic carbocycles. The van der Waals surface area contributed by atoms with Gasteiger partial charge in [-0.05, 0) is 54.8 Å². The molecule has 0 bridgehead atoms. The Kier molecular flexibility index (Phi) is 5.76. The van der Waals surface area contributed by atoms with Crippen molar-refractivity contribution in [2.75, 3.05) is 10.2 Å². The van der Waals surface area contributed by atoms with Gasteiger partial charge in [-0.3, -0.25) is 14.5 Å². The molecule has 31 heavy (non-hydrogen) atoms. The van der Waals surface area contributed by atoms with Gasteiger partial charge < -0.3 is 10.1 Å². The number of rotatable bonds is 5. The molecule has 1 aliphatic rings. The first-order chi connectivity index (χ1) is 14.9. The molecule has 3 aromatic carbocycles. The molecule has 0 fully saturated rings. The molecule has 2 amide bonds. The van der Waals surface area contributed by atoms with E-state index < -0.39 is 6.04 Å². The van der Waals surface area contributed by atoms with E-state index in [0.29, 0.717) is 12.1 Å². The minimum atomic E-state index is -0.552. The third-order valence-electron chi connectivity index (χ3n) is 5.66. The van der Waals surface area contributed by atoms with E-state index in [1.54, 1.807) is 4.90 Å². The van der Waals surface area contributed by atoms with Crippen LogP contribution in [0.4, 0.5) is 11.4 Å². The Morgan fingerprint density at radius 3 is 2.45 bits per heavy atom. The lowest BCUT2D eigenvalue weighted by molar-refractivity contribution is -0.122. The summed E-state index contributed by atoms with van der Waals surface area (Å²) in [4.78, 5) is 26.9. The lowest BCUT2D eigenvalue weighted by atomic mass is 10.1. The van der Waals surface area contributed by atoms with Gasteiger partial charge in [-0.1, -0.05) is 48.5 Å². The van der Waals surface area contributed by atoms with Crippen LogP contribution in [0.5, 0.6) is 5.75 Å². The summed E-state index contributed by atoms with van der Waals surface area (Å²) in [6.45, 7) is 5.43. The van der Waals surface area contributed by atoms with Gasteiger partial charge >= 0.3 is 0 Å². The van der Waals surface area contributed by atoms with Crippen LogP contribution in [0.1, 0.15) is 36.6 Å². The molecule has 0 aromatic heterocycles. The maximum Gasteiger partial charge on any atom is 0.247 e. The Morgan fingerprint density at radius 1 is 1.03 bits per heavy atom. The molecule has 5 heteroatoms. The zero-order valence-corrected chi connectivity index (χ0v) is 18.0. The second-order valence-corrected chi connectivity index (χ2v) is 7.87. The Labute approximate surface area is 182 Å². The quantitative estimate of drug-likeness (QED) is 0.635. The van der Waals surface area contributed by atoms with E-state index >= 15 is 0 Å². The molecule has 5 nitrogen and oxygen atoms in total. The molecule has 0 spiro atoms. The van der Waals surface area contributed by atoms with Gasteiger partial charge in [-0.25, -0.2) is 0 Å². The molecule has 0 saturated heterocycles. The molecule has 3 aromatic rings. The number of fused-ring (bicyclic) bond motifs is 1. The number of benzene rings is 3. The third-order valence-corrected chi connectivity index (χ3v) is 5.66. The Hall–Kier alpha value is -3.60. The lowest BCUT2D eigenvalue weighted by Crippen LogP contribution is -2.44. The number of carbonyl (C=O) groups excluding carboxylic acids is 2. The molecule has 158 valence electrons. The van der Waals surface area contributed by atoms with Crippen molar-refractivity contribution in [1.82, 2.24) is 0 Å². The number of ether oxygens (including phenoxy) is 1. The van der Waals surface area contributed by atoms with Crippen LogP contribution in [0.15, 0.2) is 72.8 Å². The monoisotopic (exact) mass is 414 g/mol. The minimum absolute atomic E-state index is 0.0813. The van der Waals surface area contributed by atoms with Crippen molar-refractivity contribution in [3.05, 3.63) is 89.5 Å². The maximum absolute atomic E-state index is 13.1. The number of anilines is 2. The third kappa shape index (κ3) is 4.31. The normalized spacial score (nSPS) is 15.8. The predicted molar refractivity (Wildman–Crippen MR) is 122 cm³/mol. The molecule has 2 atom stereocenters. The zero-order valence-electron chi connectivity index (χ0n) is 18.0. The van der Waals surface area contributed by atoms with E-state index in [9.17, 15) is 9.59 Å². The van der Waals surface area contributed by atoms with Crippen molar-refractivity contribution in [3.63, 3.8) is 0 Å². The first-order valence-electron chi connectivity index (χ1n) is 10.4. The number of aryl methyl sites for hydroxylation is 1. The average Bonchev–Trinajstić information content (AvgIpc) is 3.16. The molecular weight excluding hydrogens is 388 g/mol. The summed E-state index contributed by atoms with van der Waals surface area (Å²) in [5.74, 6) is 0.409. The zero-order chi connectivity index (χ0) is 22.0. The summed E-state index contributed by atoms with van der Waals surface area (Å²) < 4.78 is 6.07. The second-order valence-electron chi connectivity index (χ2n) is 7.87. The Balaban J connectivity index is 1.47. The van der Waals surface area contributed by atoms with E-state index in [-0.39, 0.29) is 17.9 Å². The van der Waals surface area contributed by atoms with Gasteiger partial charge in [0, 0.05) is 24.7 Å². The summed E-state index contributed by atoms with van der Waals surface area (Å²) in [6, 6.07) is 22.8. The van der Waals surface area contributed by atoms with Crippen LogP contribution in [0.25, 0.3) is 0 Å². The fraction of sp³-hybridized carbons (Fsp3) is 0.231. The summed E-state index contributed by atoms with van der Waals surface area (Å²) in [6.07, 6.45) is 0.429. The summed E-state index contributed by atoms with van der Waals surface area (Å²) in [5, 5.41) is 3.00. The predicted octanol–water partition coefficient (Wildman–Crippen LogP) is 5.05. The highest BCUT2D eigenvalue weighted by molar-refractivity contribution is 6.06. The molecule has 1 aliphatic heterocycles. The SMILES string of the molecule is CC(=O)N1c2ccccc2C[C@H]1C(=O)Nc1ccc(OC(C)c2ccccc2)cc1C. The second kappa shape index (κ2) is 8.64. The number of hydrogen-bond donors (Lipinski definition) is 1. The number of nitrogens with zero attached hydrogens (tertiary/aromatic N) is 1. The van der Waals surface area contributed by atoms with Crippen LogP contribution in [0.3, 0.4) is 0 Å². The number of amides is 2. The van der Waals surface area contributed by atoms with Gasteiger partial charge in [-0.2, -0.15) is 0 Å². The van der Waals surface area contributed by atoms with E-state index in [0.717, 1.165) is 28.1 Å². The van der Waals surface area contributed by atoms with Gasteiger partial charge in [0.1, 0.15) is 17.9 Å².